The number of hydrogen-bond donors (Lipinski definition) is 1. The Morgan fingerprint density at radius 3 is 2.47 bits per heavy atom. The number of aromatic nitrogens is 1. The number of methoxy groups -OCH3 is 1. The molecule has 1 N–H and O–H groups in total. The molecule has 9 heteroatoms. The highest BCUT2D eigenvalue weighted by atomic mass is 35.5. The van der Waals surface area contributed by atoms with Gasteiger partial charge in [0.25, 0.3) is 0 Å². The number of oxazole rings is 1. The van der Waals surface area contributed by atoms with Crippen LogP contribution in [-0.4, -0.2) is 23.4 Å². The van der Waals surface area contributed by atoms with Gasteiger partial charge in [0.2, 0.25) is 5.89 Å². The fraction of sp³-hybridized carbons (Fsp3) is 0.0370. The molecule has 178 valence electrons. The van der Waals surface area contributed by atoms with Gasteiger partial charge in [-0.2, -0.15) is 10.2 Å². The van der Waals surface area contributed by atoms with Crippen LogP contribution in [0.4, 0.5) is 17.1 Å². The third-order valence-corrected chi connectivity index (χ3v) is 5.66. The van der Waals surface area contributed by atoms with E-state index in [4.69, 9.17) is 32.4 Å². The number of halogens is 2. The lowest BCUT2D eigenvalue weighted by atomic mass is 10.1. The zero-order valence-electron chi connectivity index (χ0n) is 18.9. The second kappa shape index (κ2) is 10.2. The molecule has 0 aliphatic carbocycles. The largest absolute Gasteiger partial charge is 0.504 e. The molecule has 0 aliphatic rings. The summed E-state index contributed by atoms with van der Waals surface area (Å²) in [4.78, 5) is 9.03. The van der Waals surface area contributed by atoms with E-state index >= 15 is 0 Å². The molecule has 5 rings (SSSR count). The summed E-state index contributed by atoms with van der Waals surface area (Å²) in [6.07, 6.45) is 1.53. The maximum atomic E-state index is 10.6. The van der Waals surface area contributed by atoms with Gasteiger partial charge >= 0.3 is 0 Å². The van der Waals surface area contributed by atoms with Gasteiger partial charge in [-0.15, -0.1) is 0 Å². The van der Waals surface area contributed by atoms with Crippen LogP contribution in [-0.2, 0) is 0 Å². The molecule has 0 unspecified atom stereocenters. The highest BCUT2D eigenvalue weighted by Crippen LogP contribution is 2.35. The molecular weight excluding hydrogens is 499 g/mol. The molecule has 0 radical (unpaired) electrons. The third-order valence-electron chi connectivity index (χ3n) is 5.19. The van der Waals surface area contributed by atoms with Crippen molar-refractivity contribution in [1.82, 2.24) is 4.98 Å². The lowest BCUT2D eigenvalue weighted by Crippen LogP contribution is -1.89. The van der Waals surface area contributed by atoms with E-state index in [1.54, 1.807) is 54.6 Å². The van der Waals surface area contributed by atoms with Gasteiger partial charge in [-0.3, -0.25) is 4.99 Å². The maximum absolute atomic E-state index is 10.6. The van der Waals surface area contributed by atoms with Crippen LogP contribution in [0.2, 0.25) is 10.0 Å². The summed E-state index contributed by atoms with van der Waals surface area (Å²) in [5.41, 5.74) is 4.19. The highest BCUT2D eigenvalue weighted by Gasteiger charge is 2.11. The molecule has 0 atom stereocenters. The molecule has 0 saturated heterocycles. The Labute approximate surface area is 216 Å². The molecule has 7 nitrogen and oxygen atoms in total. The van der Waals surface area contributed by atoms with Crippen molar-refractivity contribution in [3.05, 3.63) is 94.5 Å². The summed E-state index contributed by atoms with van der Waals surface area (Å²) in [6.45, 7) is 0. The summed E-state index contributed by atoms with van der Waals surface area (Å²) in [5.74, 6) is 0.644. The van der Waals surface area contributed by atoms with Crippen molar-refractivity contribution >= 4 is 57.6 Å². The molecular formula is C27H18Cl2N4O3. The van der Waals surface area contributed by atoms with Crippen LogP contribution in [0, 0.1) is 0 Å². The number of phenols is 1. The van der Waals surface area contributed by atoms with Crippen LogP contribution in [0.5, 0.6) is 11.5 Å². The maximum Gasteiger partial charge on any atom is 0.227 e. The molecule has 0 saturated carbocycles. The second-order valence-corrected chi connectivity index (χ2v) is 8.58. The Bertz CT molecular complexity index is 1630. The molecule has 4 aromatic carbocycles. The van der Waals surface area contributed by atoms with Gasteiger partial charge in [0.15, 0.2) is 17.1 Å². The van der Waals surface area contributed by atoms with Crippen LogP contribution in [0.1, 0.15) is 5.56 Å². The predicted octanol–water partition coefficient (Wildman–Crippen LogP) is 8.68. The van der Waals surface area contributed by atoms with Crippen LogP contribution in [0.25, 0.3) is 22.6 Å². The van der Waals surface area contributed by atoms with Crippen molar-refractivity contribution in [2.45, 2.75) is 0 Å². The Balaban J connectivity index is 1.44. The second-order valence-electron chi connectivity index (χ2n) is 7.71. The van der Waals surface area contributed by atoms with Crippen molar-refractivity contribution in [3.63, 3.8) is 0 Å². The van der Waals surface area contributed by atoms with Crippen molar-refractivity contribution in [2.24, 2.45) is 15.2 Å². The molecule has 1 aromatic heterocycles. The normalized spacial score (nSPS) is 11.6. The van der Waals surface area contributed by atoms with E-state index in [1.165, 1.54) is 13.3 Å². The van der Waals surface area contributed by atoms with E-state index in [-0.39, 0.29) is 11.5 Å². The van der Waals surface area contributed by atoms with Crippen molar-refractivity contribution in [2.75, 3.05) is 7.11 Å². The number of fused-ring (bicyclic) bond motifs is 1. The average molecular weight is 517 g/mol. The van der Waals surface area contributed by atoms with Gasteiger partial charge in [0.1, 0.15) is 5.52 Å². The number of aromatic hydroxyl groups is 1. The molecule has 0 spiro atoms. The van der Waals surface area contributed by atoms with Crippen LogP contribution in [0.15, 0.2) is 98.5 Å². The van der Waals surface area contributed by atoms with Crippen molar-refractivity contribution in [1.29, 1.82) is 0 Å². The van der Waals surface area contributed by atoms with Crippen molar-refractivity contribution < 1.29 is 14.3 Å². The smallest absolute Gasteiger partial charge is 0.227 e. The molecule has 0 fully saturated rings. The number of nitrogens with zero attached hydrogens (tertiary/aromatic N) is 4. The number of aliphatic imine (C=N–C) groups is 1. The molecule has 0 aliphatic heterocycles. The Kier molecular flexibility index (Phi) is 6.66. The molecule has 5 aromatic rings. The fourth-order valence-corrected chi connectivity index (χ4v) is 3.82. The first-order valence-electron chi connectivity index (χ1n) is 10.8. The van der Waals surface area contributed by atoms with E-state index in [1.807, 2.05) is 24.3 Å². The number of benzene rings is 4. The molecule has 0 amide bonds. The van der Waals surface area contributed by atoms with Gasteiger partial charge in [-0.1, -0.05) is 35.3 Å². The first kappa shape index (κ1) is 23.5. The zero-order chi connectivity index (χ0) is 25.1. The number of phenolic OH excluding ortho intramolecular Hbond substituents is 1. The Morgan fingerprint density at radius 1 is 0.861 bits per heavy atom. The van der Waals surface area contributed by atoms with Gasteiger partial charge in [0.05, 0.1) is 24.2 Å². The number of hydrogen-bond acceptors (Lipinski definition) is 7. The number of rotatable bonds is 6. The van der Waals surface area contributed by atoms with E-state index < -0.39 is 0 Å². The van der Waals surface area contributed by atoms with Gasteiger partial charge < -0.3 is 14.3 Å². The predicted molar refractivity (Wildman–Crippen MR) is 142 cm³/mol. The number of azo groups is 1. The minimum atomic E-state index is -0.0602. The quantitative estimate of drug-likeness (QED) is 0.180. The van der Waals surface area contributed by atoms with Crippen LogP contribution < -0.4 is 4.74 Å². The van der Waals surface area contributed by atoms with Gasteiger partial charge in [-0.25, -0.2) is 4.98 Å². The third kappa shape index (κ3) is 5.22. The van der Waals surface area contributed by atoms with Gasteiger partial charge in [0, 0.05) is 33.5 Å². The van der Waals surface area contributed by atoms with E-state index in [0.717, 1.165) is 5.56 Å². The zero-order valence-corrected chi connectivity index (χ0v) is 20.4. The number of ether oxygens (including phenoxy) is 1. The Morgan fingerprint density at radius 2 is 1.64 bits per heavy atom. The summed E-state index contributed by atoms with van der Waals surface area (Å²) < 4.78 is 11.2. The Hall–Kier alpha value is -4.20. The lowest BCUT2D eigenvalue weighted by Gasteiger charge is -2.07. The van der Waals surface area contributed by atoms with E-state index in [0.29, 0.717) is 49.7 Å². The minimum Gasteiger partial charge on any atom is -0.504 e. The van der Waals surface area contributed by atoms with E-state index in [2.05, 4.69) is 20.2 Å². The van der Waals surface area contributed by atoms with Crippen LogP contribution in [0.3, 0.4) is 0 Å². The summed E-state index contributed by atoms with van der Waals surface area (Å²) in [7, 11) is 1.46. The standard InChI is InChI=1S/C27H18Cl2N4O3/c1-35-25-14-22(33-32-21-7-3-5-18(28)12-21)11-17(26(25)34)15-30-20-6-2-4-16(10-20)27-31-23-13-19(29)8-9-24(23)36-27/h2-15,34H,1H3. The summed E-state index contributed by atoms with van der Waals surface area (Å²) in [5, 5.41) is 20.2. The molecule has 36 heavy (non-hydrogen) atoms. The first-order valence-corrected chi connectivity index (χ1v) is 11.5. The fourth-order valence-electron chi connectivity index (χ4n) is 3.47. The van der Waals surface area contributed by atoms with Crippen molar-refractivity contribution in [3.8, 4) is 23.0 Å². The monoisotopic (exact) mass is 516 g/mol. The van der Waals surface area contributed by atoms with E-state index in [9.17, 15) is 5.11 Å². The molecule has 1 heterocycles. The highest BCUT2D eigenvalue weighted by molar-refractivity contribution is 6.31. The SMILES string of the molecule is COc1cc(N=Nc2cccc(Cl)c2)cc(C=Nc2cccc(-c3nc4cc(Cl)ccc4o3)c2)c1O. The molecule has 0 bridgehead atoms. The topological polar surface area (TPSA) is 92.6 Å². The summed E-state index contributed by atoms with van der Waals surface area (Å²) in [6, 6.07) is 22.9. The van der Waals surface area contributed by atoms with Gasteiger partial charge in [-0.05, 0) is 60.7 Å². The first-order chi connectivity index (χ1) is 17.5. The minimum absolute atomic E-state index is 0.0602. The average Bonchev–Trinajstić information content (AvgIpc) is 3.31. The van der Waals surface area contributed by atoms with Crippen LogP contribution >= 0.6 is 23.2 Å². The summed E-state index contributed by atoms with van der Waals surface area (Å²) >= 11 is 12.1. The lowest BCUT2D eigenvalue weighted by molar-refractivity contribution is 0.373.